The van der Waals surface area contributed by atoms with Crippen molar-refractivity contribution in [3.05, 3.63) is 70.1 Å². The molecule has 0 saturated carbocycles. The highest BCUT2D eigenvalue weighted by molar-refractivity contribution is 6.33. The molecule has 10 nitrogen and oxygen atoms in total. The summed E-state index contributed by atoms with van der Waals surface area (Å²) < 4.78 is 5.41. The molecule has 3 aromatic rings. The Hall–Kier alpha value is -3.60. The second-order valence-corrected chi connectivity index (χ2v) is 10.3. The van der Waals surface area contributed by atoms with E-state index < -0.39 is 12.1 Å². The monoisotopic (exact) mass is 550 g/mol. The topological polar surface area (TPSA) is 130 Å². The molecule has 0 spiro atoms. The van der Waals surface area contributed by atoms with Crippen molar-refractivity contribution in [2.24, 2.45) is 0 Å². The lowest BCUT2D eigenvalue weighted by molar-refractivity contribution is -0.126. The number of aliphatic hydroxyl groups excluding tert-OH is 1. The van der Waals surface area contributed by atoms with Crippen LogP contribution >= 0.6 is 11.6 Å². The molecule has 1 aromatic carbocycles. The van der Waals surface area contributed by atoms with Gasteiger partial charge in [-0.15, -0.1) is 0 Å². The predicted octanol–water partition coefficient (Wildman–Crippen LogP) is 3.29. The first-order valence-corrected chi connectivity index (χ1v) is 13.4. The van der Waals surface area contributed by atoms with E-state index >= 15 is 0 Å². The molecule has 1 saturated heterocycles. The molecule has 2 aliphatic heterocycles. The van der Waals surface area contributed by atoms with Gasteiger partial charge in [0, 0.05) is 42.6 Å². The van der Waals surface area contributed by atoms with Crippen LogP contribution < -0.4 is 10.6 Å². The molecule has 3 N–H and O–H groups in total. The zero-order valence-corrected chi connectivity index (χ0v) is 22.6. The fourth-order valence-electron chi connectivity index (χ4n) is 4.85. The SMILES string of the molecule is Cc1cccc([C@@H](CO)NC(=O)[C@@H](C)N2Cc3ccc(-c4nc(NC5CCOCC5)ncc4Cl)cc3C2=O)n1. The third kappa shape index (κ3) is 5.88. The van der Waals surface area contributed by atoms with Crippen molar-refractivity contribution in [3.63, 3.8) is 0 Å². The van der Waals surface area contributed by atoms with Gasteiger partial charge in [0.2, 0.25) is 11.9 Å². The number of aliphatic hydroxyl groups is 1. The molecule has 0 aliphatic carbocycles. The minimum absolute atomic E-state index is 0.225. The van der Waals surface area contributed by atoms with Crippen LogP contribution in [0, 0.1) is 6.92 Å². The number of amides is 2. The summed E-state index contributed by atoms with van der Waals surface area (Å²) in [6.07, 6.45) is 3.30. The summed E-state index contributed by atoms with van der Waals surface area (Å²) in [5.74, 6) is -0.155. The molecule has 204 valence electrons. The van der Waals surface area contributed by atoms with Crippen LogP contribution in [0.2, 0.25) is 5.02 Å². The number of rotatable bonds is 8. The minimum atomic E-state index is -0.759. The van der Waals surface area contributed by atoms with Crippen molar-refractivity contribution >= 4 is 29.4 Å². The van der Waals surface area contributed by atoms with E-state index in [0.29, 0.717) is 53.2 Å². The Balaban J connectivity index is 1.31. The Morgan fingerprint density at radius 2 is 2.03 bits per heavy atom. The number of nitrogens with one attached hydrogen (secondary N) is 2. The number of halogens is 1. The van der Waals surface area contributed by atoms with E-state index in [1.807, 2.05) is 31.2 Å². The van der Waals surface area contributed by atoms with Crippen LogP contribution in [0.3, 0.4) is 0 Å². The number of pyridine rings is 1. The molecule has 1 fully saturated rings. The Bertz CT molecular complexity index is 1380. The number of hydrogen-bond acceptors (Lipinski definition) is 8. The zero-order chi connectivity index (χ0) is 27.5. The maximum atomic E-state index is 13.4. The van der Waals surface area contributed by atoms with Gasteiger partial charge in [-0.3, -0.25) is 14.6 Å². The van der Waals surface area contributed by atoms with Gasteiger partial charge in [0.05, 0.1) is 35.3 Å². The van der Waals surface area contributed by atoms with Gasteiger partial charge in [-0.2, -0.15) is 0 Å². The van der Waals surface area contributed by atoms with Crippen molar-refractivity contribution in [2.45, 2.75) is 51.4 Å². The number of carbonyl (C=O) groups is 2. The molecule has 4 heterocycles. The molecule has 0 unspecified atom stereocenters. The fourth-order valence-corrected chi connectivity index (χ4v) is 5.05. The van der Waals surface area contributed by atoms with Gasteiger partial charge < -0.3 is 25.4 Å². The van der Waals surface area contributed by atoms with Crippen molar-refractivity contribution in [2.75, 3.05) is 25.1 Å². The molecular weight excluding hydrogens is 520 g/mol. The van der Waals surface area contributed by atoms with Gasteiger partial charge in [-0.1, -0.05) is 29.8 Å². The average molecular weight is 551 g/mol. The molecule has 2 atom stereocenters. The molecule has 0 radical (unpaired) electrons. The highest BCUT2D eigenvalue weighted by Crippen LogP contribution is 2.32. The zero-order valence-electron chi connectivity index (χ0n) is 21.9. The molecule has 2 aromatic heterocycles. The Morgan fingerprint density at radius 1 is 1.23 bits per heavy atom. The van der Waals surface area contributed by atoms with E-state index in [1.165, 1.54) is 4.90 Å². The van der Waals surface area contributed by atoms with Crippen molar-refractivity contribution in [3.8, 4) is 11.3 Å². The number of nitrogens with zero attached hydrogens (tertiary/aromatic N) is 4. The van der Waals surface area contributed by atoms with Crippen molar-refractivity contribution < 1.29 is 19.4 Å². The third-order valence-corrected chi connectivity index (χ3v) is 7.40. The molecular formula is C28H31ClN6O4. The molecule has 2 amide bonds. The first-order valence-electron chi connectivity index (χ1n) is 13.0. The summed E-state index contributed by atoms with van der Waals surface area (Å²) in [6.45, 7) is 4.90. The van der Waals surface area contributed by atoms with Crippen LogP contribution in [0.4, 0.5) is 5.95 Å². The van der Waals surface area contributed by atoms with Crippen molar-refractivity contribution in [1.82, 2.24) is 25.2 Å². The molecule has 5 rings (SSSR count). The number of ether oxygens (including phenoxy) is 1. The van der Waals surface area contributed by atoms with Crippen LogP contribution in [-0.2, 0) is 16.1 Å². The summed E-state index contributed by atoms with van der Waals surface area (Å²) >= 11 is 6.46. The largest absolute Gasteiger partial charge is 0.394 e. The normalized spacial score (nSPS) is 17.0. The number of aryl methyl sites for hydroxylation is 1. The number of carbonyl (C=O) groups excluding carboxylic acids is 2. The van der Waals surface area contributed by atoms with Gasteiger partial charge in [-0.05, 0) is 50.5 Å². The predicted molar refractivity (Wildman–Crippen MR) is 146 cm³/mol. The highest BCUT2D eigenvalue weighted by atomic mass is 35.5. The lowest BCUT2D eigenvalue weighted by Crippen LogP contribution is -2.46. The Labute approximate surface area is 231 Å². The summed E-state index contributed by atoms with van der Waals surface area (Å²) in [4.78, 5) is 41.4. The van der Waals surface area contributed by atoms with Crippen LogP contribution in [0.25, 0.3) is 11.3 Å². The Morgan fingerprint density at radius 3 is 2.77 bits per heavy atom. The number of benzene rings is 1. The quantitative estimate of drug-likeness (QED) is 0.389. The van der Waals surface area contributed by atoms with E-state index in [2.05, 4.69) is 25.6 Å². The lowest BCUT2D eigenvalue weighted by Gasteiger charge is -2.25. The van der Waals surface area contributed by atoms with Crippen molar-refractivity contribution in [1.29, 1.82) is 0 Å². The van der Waals surface area contributed by atoms with Crippen LogP contribution in [0.15, 0.2) is 42.6 Å². The maximum absolute atomic E-state index is 13.4. The van der Waals surface area contributed by atoms with E-state index in [9.17, 15) is 14.7 Å². The van der Waals surface area contributed by atoms with Crippen LogP contribution in [0.5, 0.6) is 0 Å². The highest BCUT2D eigenvalue weighted by Gasteiger charge is 2.35. The molecule has 39 heavy (non-hydrogen) atoms. The van der Waals surface area contributed by atoms with E-state index in [1.54, 1.807) is 25.3 Å². The maximum Gasteiger partial charge on any atom is 0.255 e. The van der Waals surface area contributed by atoms with Crippen LogP contribution in [-0.4, -0.2) is 68.7 Å². The standard InChI is InChI=1S/C28H31ClN6O4/c1-16-4-3-5-23(31-16)24(15-36)33-26(37)17(2)35-14-19-7-6-18(12-21(19)27(35)38)25-22(29)13-30-28(34-25)32-20-8-10-39-11-9-20/h3-7,12-13,17,20,24,36H,8-11,14-15H2,1-2H3,(H,33,37)(H,30,32,34)/t17-,24-/m1/s1. The van der Waals surface area contributed by atoms with E-state index in [0.717, 1.165) is 24.1 Å². The molecule has 11 heteroatoms. The average Bonchev–Trinajstić information content (AvgIpc) is 3.28. The first kappa shape index (κ1) is 27.0. The van der Waals surface area contributed by atoms with Gasteiger partial charge in [0.25, 0.3) is 5.91 Å². The van der Waals surface area contributed by atoms with E-state index in [4.69, 9.17) is 16.3 Å². The second-order valence-electron chi connectivity index (χ2n) is 9.85. The van der Waals surface area contributed by atoms with Gasteiger partial charge >= 0.3 is 0 Å². The molecule has 0 bridgehead atoms. The molecule has 2 aliphatic rings. The third-order valence-electron chi connectivity index (χ3n) is 7.13. The van der Waals surface area contributed by atoms with Crippen LogP contribution in [0.1, 0.15) is 53.1 Å². The minimum Gasteiger partial charge on any atom is -0.394 e. The fraction of sp³-hybridized carbons (Fsp3) is 0.393. The summed E-state index contributed by atoms with van der Waals surface area (Å²) in [5.41, 5.74) is 3.87. The summed E-state index contributed by atoms with van der Waals surface area (Å²) in [6, 6.07) is 9.71. The second kappa shape index (κ2) is 11.6. The Kier molecular flexibility index (Phi) is 8.06. The summed E-state index contributed by atoms with van der Waals surface area (Å²) in [7, 11) is 0. The number of fused-ring (bicyclic) bond motifs is 1. The number of hydrogen-bond donors (Lipinski definition) is 3. The smallest absolute Gasteiger partial charge is 0.255 e. The van der Waals surface area contributed by atoms with Gasteiger partial charge in [0.1, 0.15) is 6.04 Å². The van der Waals surface area contributed by atoms with Gasteiger partial charge in [0.15, 0.2) is 0 Å². The van der Waals surface area contributed by atoms with E-state index in [-0.39, 0.29) is 24.5 Å². The lowest BCUT2D eigenvalue weighted by atomic mass is 10.0. The first-order chi connectivity index (χ1) is 18.8. The number of anilines is 1. The number of aromatic nitrogens is 3. The van der Waals surface area contributed by atoms with Gasteiger partial charge in [-0.25, -0.2) is 9.97 Å². The summed E-state index contributed by atoms with van der Waals surface area (Å²) in [5, 5.41) is 16.4.